The van der Waals surface area contributed by atoms with Gasteiger partial charge in [-0.1, -0.05) is 149 Å². The van der Waals surface area contributed by atoms with Crippen LogP contribution in [0, 0.1) is 5.92 Å². The standard InChI is InChI=1S/C43H48/c1-9-11-30(6)41-31(7)24-40-27-39(32(8)42(40)43(41)38-22-20-37(21-23-38)29(4)5)26-35-13-10-12-34(25-35)15-14-33-16-18-36(19-17-33)28(2)3/h10,12-13,16-26,29,42-43H,2,6,8-9,11,14-15,27H2,1,3-5,7H3. The highest BCUT2D eigenvalue weighted by molar-refractivity contribution is 5.68. The molecule has 0 amide bonds. The lowest BCUT2D eigenvalue weighted by atomic mass is 9.69. The number of aryl methyl sites for hydroxylation is 2. The molecule has 0 heteroatoms. The topological polar surface area (TPSA) is 0 Å². The van der Waals surface area contributed by atoms with E-state index in [4.69, 9.17) is 6.58 Å². The number of hydrogen-bond acceptors (Lipinski definition) is 0. The van der Waals surface area contributed by atoms with E-state index in [9.17, 15) is 0 Å². The van der Waals surface area contributed by atoms with Crippen LogP contribution in [0.15, 0.2) is 132 Å². The molecule has 0 radical (unpaired) electrons. The molecule has 3 aromatic carbocycles. The first-order valence-electron chi connectivity index (χ1n) is 16.1. The average molecular weight is 565 g/mol. The second-order valence-corrected chi connectivity index (χ2v) is 13.0. The SMILES string of the molecule is C=C(CCC)C1=C(C)C=C2CC(=Cc3cccc(CCc4ccc(C(=C)C)cc4)c3)C(=C)C2C1c1ccc(C(C)C)cc1. The third kappa shape index (κ3) is 6.70. The van der Waals surface area contributed by atoms with E-state index in [1.165, 1.54) is 66.8 Å². The molecule has 0 saturated heterocycles. The molecule has 0 bridgehead atoms. The zero-order valence-electron chi connectivity index (χ0n) is 27.0. The first-order valence-corrected chi connectivity index (χ1v) is 16.1. The predicted octanol–water partition coefficient (Wildman–Crippen LogP) is 12.0. The Morgan fingerprint density at radius 2 is 1.60 bits per heavy atom. The fourth-order valence-electron chi connectivity index (χ4n) is 7.00. The van der Waals surface area contributed by atoms with Gasteiger partial charge in [-0.05, 0) is 101 Å². The fourth-order valence-corrected chi connectivity index (χ4v) is 7.00. The highest BCUT2D eigenvalue weighted by atomic mass is 14.4. The molecule has 1 saturated carbocycles. The van der Waals surface area contributed by atoms with Crippen LogP contribution in [0.3, 0.4) is 0 Å². The second-order valence-electron chi connectivity index (χ2n) is 13.0. The van der Waals surface area contributed by atoms with Crippen molar-refractivity contribution < 1.29 is 0 Å². The normalized spacial score (nSPS) is 19.2. The first kappa shape index (κ1) is 30.6. The van der Waals surface area contributed by atoms with E-state index in [-0.39, 0.29) is 11.8 Å². The molecule has 0 spiro atoms. The molecular weight excluding hydrogens is 516 g/mol. The lowest BCUT2D eigenvalue weighted by Crippen LogP contribution is -2.21. The van der Waals surface area contributed by atoms with Crippen molar-refractivity contribution in [3.63, 3.8) is 0 Å². The Hall–Kier alpha value is -3.90. The Kier molecular flexibility index (Phi) is 9.36. The molecule has 0 N–H and O–H groups in total. The van der Waals surface area contributed by atoms with Gasteiger partial charge in [-0.25, -0.2) is 0 Å². The molecule has 43 heavy (non-hydrogen) atoms. The minimum atomic E-state index is 0.265. The summed E-state index contributed by atoms with van der Waals surface area (Å²) in [5, 5.41) is 0. The minimum Gasteiger partial charge on any atom is -0.0955 e. The number of fused-ring (bicyclic) bond motifs is 1. The van der Waals surface area contributed by atoms with Gasteiger partial charge in [-0.3, -0.25) is 0 Å². The summed E-state index contributed by atoms with van der Waals surface area (Å²) in [6.45, 7) is 24.5. The average Bonchev–Trinajstić information content (AvgIpc) is 3.29. The Bertz CT molecular complexity index is 1610. The number of benzene rings is 3. The van der Waals surface area contributed by atoms with Crippen LogP contribution in [0.1, 0.15) is 99.1 Å². The van der Waals surface area contributed by atoms with E-state index >= 15 is 0 Å². The van der Waals surface area contributed by atoms with Crippen LogP contribution in [0.25, 0.3) is 11.6 Å². The Labute approximate surface area is 261 Å². The van der Waals surface area contributed by atoms with Crippen LogP contribution < -0.4 is 0 Å². The van der Waals surface area contributed by atoms with Crippen LogP contribution in [0.2, 0.25) is 0 Å². The second kappa shape index (κ2) is 13.2. The monoisotopic (exact) mass is 564 g/mol. The molecule has 1 fully saturated rings. The summed E-state index contributed by atoms with van der Waals surface area (Å²) >= 11 is 0. The molecule has 0 nitrogen and oxygen atoms in total. The summed E-state index contributed by atoms with van der Waals surface area (Å²) in [4.78, 5) is 0. The quantitative estimate of drug-likeness (QED) is 0.230. The summed E-state index contributed by atoms with van der Waals surface area (Å²) in [5.41, 5.74) is 17.3. The van der Waals surface area contributed by atoms with E-state index in [1.807, 2.05) is 0 Å². The Morgan fingerprint density at radius 3 is 2.26 bits per heavy atom. The van der Waals surface area contributed by atoms with E-state index < -0.39 is 0 Å². The molecule has 0 heterocycles. The van der Waals surface area contributed by atoms with Gasteiger partial charge in [0.15, 0.2) is 0 Å². The van der Waals surface area contributed by atoms with Gasteiger partial charge in [-0.15, -0.1) is 0 Å². The number of allylic oxidation sites excluding steroid dienone is 8. The van der Waals surface area contributed by atoms with Crippen molar-refractivity contribution >= 4 is 11.6 Å². The van der Waals surface area contributed by atoms with Crippen molar-refractivity contribution in [2.75, 3.05) is 0 Å². The molecule has 2 aliphatic rings. The van der Waals surface area contributed by atoms with Gasteiger partial charge in [0.25, 0.3) is 0 Å². The molecule has 0 aromatic heterocycles. The lowest BCUT2D eigenvalue weighted by Gasteiger charge is -2.34. The predicted molar refractivity (Wildman–Crippen MR) is 188 cm³/mol. The van der Waals surface area contributed by atoms with Crippen LogP contribution in [0.4, 0.5) is 0 Å². The third-order valence-corrected chi connectivity index (χ3v) is 9.39. The summed E-state index contributed by atoms with van der Waals surface area (Å²) in [6.07, 6.45) is 10.0. The Balaban J connectivity index is 1.41. The van der Waals surface area contributed by atoms with Crippen LogP contribution in [0.5, 0.6) is 0 Å². The fraction of sp³-hybridized carbons (Fsp3) is 0.302. The third-order valence-electron chi connectivity index (χ3n) is 9.39. The molecule has 3 aromatic rings. The van der Waals surface area contributed by atoms with E-state index in [1.54, 1.807) is 0 Å². The first-order chi connectivity index (χ1) is 20.7. The van der Waals surface area contributed by atoms with Gasteiger partial charge < -0.3 is 0 Å². The van der Waals surface area contributed by atoms with Crippen molar-refractivity contribution in [1.82, 2.24) is 0 Å². The van der Waals surface area contributed by atoms with Crippen LogP contribution >= 0.6 is 0 Å². The maximum atomic E-state index is 4.75. The minimum absolute atomic E-state index is 0.265. The number of rotatable bonds is 10. The van der Waals surface area contributed by atoms with E-state index in [2.05, 4.69) is 133 Å². The van der Waals surface area contributed by atoms with Crippen molar-refractivity contribution in [1.29, 1.82) is 0 Å². The smallest absolute Gasteiger partial charge is 0.0201 e. The molecule has 2 aliphatic carbocycles. The lowest BCUT2D eigenvalue weighted by molar-refractivity contribution is 0.619. The largest absolute Gasteiger partial charge is 0.0955 e. The zero-order chi connectivity index (χ0) is 30.7. The van der Waals surface area contributed by atoms with Crippen molar-refractivity contribution in [3.8, 4) is 0 Å². The van der Waals surface area contributed by atoms with Gasteiger partial charge in [0.1, 0.15) is 0 Å². The van der Waals surface area contributed by atoms with Gasteiger partial charge in [0.05, 0.1) is 0 Å². The highest BCUT2D eigenvalue weighted by Gasteiger charge is 2.40. The summed E-state index contributed by atoms with van der Waals surface area (Å²) in [6, 6.07) is 27.3. The maximum absolute atomic E-state index is 4.75. The summed E-state index contributed by atoms with van der Waals surface area (Å²) in [7, 11) is 0. The summed E-state index contributed by atoms with van der Waals surface area (Å²) < 4.78 is 0. The van der Waals surface area contributed by atoms with Crippen LogP contribution in [-0.4, -0.2) is 0 Å². The molecule has 220 valence electrons. The Morgan fingerprint density at radius 1 is 0.907 bits per heavy atom. The molecule has 0 aliphatic heterocycles. The maximum Gasteiger partial charge on any atom is 0.0201 e. The van der Waals surface area contributed by atoms with Gasteiger partial charge in [0, 0.05) is 11.8 Å². The highest BCUT2D eigenvalue weighted by Crippen LogP contribution is 2.55. The zero-order valence-corrected chi connectivity index (χ0v) is 27.0. The van der Waals surface area contributed by atoms with Crippen molar-refractivity contribution in [2.24, 2.45) is 5.92 Å². The van der Waals surface area contributed by atoms with Gasteiger partial charge >= 0.3 is 0 Å². The summed E-state index contributed by atoms with van der Waals surface area (Å²) in [5.74, 6) is 1.08. The van der Waals surface area contributed by atoms with E-state index in [0.29, 0.717) is 5.92 Å². The van der Waals surface area contributed by atoms with Crippen LogP contribution in [-0.2, 0) is 12.8 Å². The molecular formula is C43H48. The van der Waals surface area contributed by atoms with Crippen molar-refractivity contribution in [3.05, 3.63) is 165 Å². The molecule has 2 unspecified atom stereocenters. The van der Waals surface area contributed by atoms with E-state index in [0.717, 1.165) is 37.7 Å². The number of hydrogen-bond donors (Lipinski definition) is 0. The molecule has 2 atom stereocenters. The van der Waals surface area contributed by atoms with Gasteiger partial charge in [-0.2, -0.15) is 0 Å². The molecule has 5 rings (SSSR count). The van der Waals surface area contributed by atoms with Crippen molar-refractivity contribution in [2.45, 2.75) is 78.6 Å². The van der Waals surface area contributed by atoms with Gasteiger partial charge in [0.2, 0.25) is 0 Å².